The average molecular weight is 226 g/mol. The Balaban J connectivity index is 2.00. The molecule has 2 rings (SSSR count). The number of hydrogen-bond donors (Lipinski definition) is 2. The normalized spacial score (nSPS) is 28.9. The van der Waals surface area contributed by atoms with E-state index in [4.69, 9.17) is 0 Å². The molecule has 94 valence electrons. The highest BCUT2D eigenvalue weighted by Gasteiger charge is 2.42. The van der Waals surface area contributed by atoms with Gasteiger partial charge in [0, 0.05) is 5.41 Å². The van der Waals surface area contributed by atoms with E-state index in [1.54, 1.807) is 0 Å². The minimum absolute atomic E-state index is 0.153. The van der Waals surface area contributed by atoms with Gasteiger partial charge in [-0.05, 0) is 31.6 Å². The van der Waals surface area contributed by atoms with E-state index in [1.807, 2.05) is 0 Å². The molecule has 0 spiro atoms. The van der Waals surface area contributed by atoms with Crippen molar-refractivity contribution in [1.29, 1.82) is 0 Å². The summed E-state index contributed by atoms with van der Waals surface area (Å²) in [6.07, 6.45) is 11.7. The van der Waals surface area contributed by atoms with E-state index < -0.39 is 0 Å². The second kappa shape index (κ2) is 5.50. The van der Waals surface area contributed by atoms with Crippen molar-refractivity contribution in [2.45, 2.75) is 70.3 Å². The monoisotopic (exact) mass is 226 g/mol. The molecule has 16 heavy (non-hydrogen) atoms. The minimum Gasteiger partial charge on any atom is -0.396 e. The van der Waals surface area contributed by atoms with Gasteiger partial charge in [0.2, 0.25) is 0 Å². The molecule has 2 fully saturated rings. The van der Waals surface area contributed by atoms with Crippen LogP contribution >= 0.6 is 0 Å². The fourth-order valence-corrected chi connectivity index (χ4v) is 3.75. The first kappa shape index (κ1) is 12.4. The number of rotatable bonds is 3. The fourth-order valence-electron chi connectivity index (χ4n) is 3.75. The van der Waals surface area contributed by atoms with Crippen LogP contribution in [-0.4, -0.2) is 22.9 Å². The third-order valence-corrected chi connectivity index (χ3v) is 4.89. The van der Waals surface area contributed by atoms with E-state index in [1.165, 1.54) is 51.4 Å². The lowest BCUT2D eigenvalue weighted by molar-refractivity contribution is -0.0795. The SMILES string of the molecule is OCC1(C(O)C2CCCCC2)CCCCC1. The van der Waals surface area contributed by atoms with Gasteiger partial charge in [-0.25, -0.2) is 0 Å². The molecule has 0 aromatic heterocycles. The quantitative estimate of drug-likeness (QED) is 0.777. The van der Waals surface area contributed by atoms with E-state index >= 15 is 0 Å². The highest BCUT2D eigenvalue weighted by molar-refractivity contribution is 4.92. The molecule has 0 radical (unpaired) electrons. The van der Waals surface area contributed by atoms with E-state index in [0.29, 0.717) is 5.92 Å². The zero-order valence-corrected chi connectivity index (χ0v) is 10.3. The van der Waals surface area contributed by atoms with Gasteiger partial charge in [-0.1, -0.05) is 38.5 Å². The standard InChI is InChI=1S/C14H26O2/c15-11-14(9-5-2-6-10-14)13(16)12-7-3-1-4-8-12/h12-13,15-16H,1-11H2. The summed E-state index contributed by atoms with van der Waals surface area (Å²) in [7, 11) is 0. The zero-order chi connectivity index (χ0) is 11.4. The van der Waals surface area contributed by atoms with Gasteiger partial charge in [0.1, 0.15) is 0 Å². The van der Waals surface area contributed by atoms with Crippen molar-refractivity contribution in [3.63, 3.8) is 0 Å². The molecule has 2 nitrogen and oxygen atoms in total. The Morgan fingerprint density at radius 2 is 1.50 bits per heavy atom. The van der Waals surface area contributed by atoms with Crippen molar-refractivity contribution in [3.05, 3.63) is 0 Å². The van der Waals surface area contributed by atoms with Crippen LogP contribution in [0.3, 0.4) is 0 Å². The van der Waals surface area contributed by atoms with Crippen molar-refractivity contribution >= 4 is 0 Å². The Hall–Kier alpha value is -0.0800. The van der Waals surface area contributed by atoms with Gasteiger partial charge in [-0.15, -0.1) is 0 Å². The fraction of sp³-hybridized carbons (Fsp3) is 1.00. The molecule has 1 atom stereocenters. The smallest absolute Gasteiger partial charge is 0.0646 e. The first-order chi connectivity index (χ1) is 7.78. The van der Waals surface area contributed by atoms with Crippen LogP contribution in [0.5, 0.6) is 0 Å². The summed E-state index contributed by atoms with van der Waals surface area (Å²) in [5.74, 6) is 0.457. The largest absolute Gasteiger partial charge is 0.396 e. The maximum absolute atomic E-state index is 10.6. The molecule has 0 heterocycles. The predicted octanol–water partition coefficient (Wildman–Crippen LogP) is 2.87. The van der Waals surface area contributed by atoms with Crippen LogP contribution in [0.1, 0.15) is 64.2 Å². The molecule has 2 aliphatic rings. The van der Waals surface area contributed by atoms with Crippen molar-refractivity contribution < 1.29 is 10.2 Å². The van der Waals surface area contributed by atoms with Gasteiger partial charge in [-0.3, -0.25) is 0 Å². The van der Waals surface area contributed by atoms with Crippen LogP contribution in [0.25, 0.3) is 0 Å². The number of hydrogen-bond acceptors (Lipinski definition) is 2. The Bertz CT molecular complexity index is 203. The van der Waals surface area contributed by atoms with Crippen LogP contribution < -0.4 is 0 Å². The molecule has 2 saturated carbocycles. The molecule has 2 heteroatoms. The average Bonchev–Trinajstić information content (AvgIpc) is 2.39. The first-order valence-corrected chi connectivity index (χ1v) is 7.07. The summed E-state index contributed by atoms with van der Waals surface area (Å²) in [5.41, 5.74) is -0.153. The molecule has 1 unspecified atom stereocenters. The van der Waals surface area contributed by atoms with Crippen molar-refractivity contribution in [3.8, 4) is 0 Å². The summed E-state index contributed by atoms with van der Waals surface area (Å²) in [4.78, 5) is 0. The van der Waals surface area contributed by atoms with Crippen molar-refractivity contribution in [2.75, 3.05) is 6.61 Å². The van der Waals surface area contributed by atoms with E-state index in [9.17, 15) is 10.2 Å². The molecule has 0 amide bonds. The third kappa shape index (κ3) is 2.43. The van der Waals surface area contributed by atoms with Gasteiger partial charge >= 0.3 is 0 Å². The molecule has 0 aromatic rings. The molecule has 0 bridgehead atoms. The van der Waals surface area contributed by atoms with Crippen LogP contribution in [0, 0.1) is 11.3 Å². The van der Waals surface area contributed by atoms with Crippen LogP contribution in [0.4, 0.5) is 0 Å². The van der Waals surface area contributed by atoms with Gasteiger partial charge < -0.3 is 10.2 Å². The minimum atomic E-state index is -0.252. The summed E-state index contributed by atoms with van der Waals surface area (Å²) in [6, 6.07) is 0. The highest BCUT2D eigenvalue weighted by Crippen LogP contribution is 2.44. The Kier molecular flexibility index (Phi) is 4.26. The summed E-state index contributed by atoms with van der Waals surface area (Å²) in [6.45, 7) is 0.185. The molecular formula is C14H26O2. The molecule has 0 aromatic carbocycles. The third-order valence-electron chi connectivity index (χ3n) is 4.89. The van der Waals surface area contributed by atoms with Crippen LogP contribution in [0.2, 0.25) is 0 Å². The first-order valence-electron chi connectivity index (χ1n) is 7.07. The second-order valence-corrected chi connectivity index (χ2v) is 5.92. The summed E-state index contributed by atoms with van der Waals surface area (Å²) >= 11 is 0. The Morgan fingerprint density at radius 3 is 2.06 bits per heavy atom. The number of aliphatic hydroxyl groups excluding tert-OH is 2. The van der Waals surface area contributed by atoms with Gasteiger partial charge in [0.15, 0.2) is 0 Å². The summed E-state index contributed by atoms with van der Waals surface area (Å²) < 4.78 is 0. The Morgan fingerprint density at radius 1 is 0.938 bits per heavy atom. The van der Waals surface area contributed by atoms with Crippen molar-refractivity contribution in [2.24, 2.45) is 11.3 Å². The second-order valence-electron chi connectivity index (χ2n) is 5.92. The maximum atomic E-state index is 10.6. The van der Waals surface area contributed by atoms with Crippen LogP contribution in [-0.2, 0) is 0 Å². The van der Waals surface area contributed by atoms with E-state index in [2.05, 4.69) is 0 Å². The summed E-state index contributed by atoms with van der Waals surface area (Å²) in [5, 5.41) is 20.3. The predicted molar refractivity (Wildman–Crippen MR) is 65.2 cm³/mol. The van der Waals surface area contributed by atoms with Gasteiger partial charge in [-0.2, -0.15) is 0 Å². The highest BCUT2D eigenvalue weighted by atomic mass is 16.3. The Labute approximate surface area is 99.1 Å². The maximum Gasteiger partial charge on any atom is 0.0646 e. The zero-order valence-electron chi connectivity index (χ0n) is 10.3. The van der Waals surface area contributed by atoms with Crippen LogP contribution in [0.15, 0.2) is 0 Å². The van der Waals surface area contributed by atoms with E-state index in [-0.39, 0.29) is 18.1 Å². The number of aliphatic hydroxyl groups is 2. The van der Waals surface area contributed by atoms with Gasteiger partial charge in [0.25, 0.3) is 0 Å². The van der Waals surface area contributed by atoms with Gasteiger partial charge in [0.05, 0.1) is 12.7 Å². The van der Waals surface area contributed by atoms with Crippen molar-refractivity contribution in [1.82, 2.24) is 0 Å². The molecular weight excluding hydrogens is 200 g/mol. The topological polar surface area (TPSA) is 40.5 Å². The lowest BCUT2D eigenvalue weighted by Crippen LogP contribution is -2.45. The molecule has 0 saturated heterocycles. The molecule has 2 aliphatic carbocycles. The lowest BCUT2D eigenvalue weighted by atomic mass is 9.65. The lowest BCUT2D eigenvalue weighted by Gasteiger charge is -2.44. The molecule has 2 N–H and O–H groups in total. The van der Waals surface area contributed by atoms with E-state index in [0.717, 1.165) is 12.8 Å². The molecule has 0 aliphatic heterocycles.